The maximum atomic E-state index is 5.80. The Kier molecular flexibility index (Phi) is 6.71. The van der Waals surface area contributed by atoms with Gasteiger partial charge in [-0.2, -0.15) is 0 Å². The van der Waals surface area contributed by atoms with Gasteiger partial charge >= 0.3 is 0 Å². The van der Waals surface area contributed by atoms with E-state index in [9.17, 15) is 0 Å². The van der Waals surface area contributed by atoms with Gasteiger partial charge in [-0.05, 0) is 25.5 Å². The topological polar surface area (TPSA) is 38.0 Å². The average molecular weight is 234 g/mol. The Morgan fingerprint density at radius 2 is 1.82 bits per heavy atom. The number of nitrogens with two attached hydrogens (primary N) is 1. The molecule has 1 atom stereocenters. The van der Waals surface area contributed by atoms with Crippen molar-refractivity contribution >= 4 is 5.69 Å². The second-order valence-corrected chi connectivity index (χ2v) is 4.79. The van der Waals surface area contributed by atoms with Crippen molar-refractivity contribution in [1.82, 2.24) is 0 Å². The smallest absolute Gasteiger partial charge is 0.0383 e. The highest BCUT2D eigenvalue weighted by Crippen LogP contribution is 2.13. The van der Waals surface area contributed by atoms with Crippen molar-refractivity contribution in [3.63, 3.8) is 0 Å². The Hall–Kier alpha value is -1.02. The van der Waals surface area contributed by atoms with Crippen molar-refractivity contribution in [2.45, 2.75) is 52.0 Å². The summed E-state index contributed by atoms with van der Waals surface area (Å²) in [6.45, 7) is 5.06. The molecule has 0 fully saturated rings. The minimum atomic E-state index is 0.412. The van der Waals surface area contributed by atoms with E-state index >= 15 is 0 Å². The number of hydrogen-bond donors (Lipinski definition) is 2. The molecule has 0 aliphatic rings. The molecule has 17 heavy (non-hydrogen) atoms. The zero-order valence-corrected chi connectivity index (χ0v) is 11.2. The summed E-state index contributed by atoms with van der Waals surface area (Å²) in [5.74, 6) is 0. The highest BCUT2D eigenvalue weighted by Gasteiger charge is 2.05. The first-order valence-electron chi connectivity index (χ1n) is 6.79. The summed E-state index contributed by atoms with van der Waals surface area (Å²) in [5.41, 5.74) is 8.28. The van der Waals surface area contributed by atoms with Crippen LogP contribution in [0.2, 0.25) is 0 Å². The van der Waals surface area contributed by atoms with Crippen molar-refractivity contribution < 1.29 is 0 Å². The van der Waals surface area contributed by atoms with Crippen molar-refractivity contribution in [3.8, 4) is 0 Å². The van der Waals surface area contributed by atoms with Crippen molar-refractivity contribution in [2.24, 2.45) is 5.73 Å². The molecule has 0 bridgehead atoms. The standard InChI is InChI=1S/C15H26N2/c1-3-4-5-6-7-15(12-16)17-14-10-8-13(2)9-11-14/h8-11,15,17H,3-7,12,16H2,1-2H3. The zero-order valence-electron chi connectivity index (χ0n) is 11.2. The molecular weight excluding hydrogens is 208 g/mol. The van der Waals surface area contributed by atoms with Crippen molar-refractivity contribution in [1.29, 1.82) is 0 Å². The molecule has 0 saturated carbocycles. The largest absolute Gasteiger partial charge is 0.381 e. The maximum Gasteiger partial charge on any atom is 0.0383 e. The predicted octanol–water partition coefficient (Wildman–Crippen LogP) is 3.70. The molecular formula is C15H26N2. The fraction of sp³-hybridized carbons (Fsp3) is 0.600. The summed E-state index contributed by atoms with van der Waals surface area (Å²) in [6.07, 6.45) is 6.39. The van der Waals surface area contributed by atoms with Crippen LogP contribution in [-0.2, 0) is 0 Å². The van der Waals surface area contributed by atoms with E-state index in [0.29, 0.717) is 12.6 Å². The first-order valence-corrected chi connectivity index (χ1v) is 6.79. The average Bonchev–Trinajstić information content (AvgIpc) is 2.35. The second kappa shape index (κ2) is 8.13. The van der Waals surface area contributed by atoms with Gasteiger partial charge < -0.3 is 11.1 Å². The molecule has 1 unspecified atom stereocenters. The highest BCUT2D eigenvalue weighted by atomic mass is 14.9. The molecule has 0 amide bonds. The van der Waals surface area contributed by atoms with Crippen LogP contribution < -0.4 is 11.1 Å². The molecule has 0 aliphatic carbocycles. The molecule has 0 radical (unpaired) electrons. The van der Waals surface area contributed by atoms with Crippen LogP contribution in [0.4, 0.5) is 5.69 Å². The van der Waals surface area contributed by atoms with E-state index in [-0.39, 0.29) is 0 Å². The first-order chi connectivity index (χ1) is 8.26. The van der Waals surface area contributed by atoms with E-state index in [1.54, 1.807) is 0 Å². The summed E-state index contributed by atoms with van der Waals surface area (Å²) in [6, 6.07) is 8.93. The third-order valence-corrected chi connectivity index (χ3v) is 3.11. The summed E-state index contributed by atoms with van der Waals surface area (Å²) >= 11 is 0. The van der Waals surface area contributed by atoms with Crippen LogP contribution >= 0.6 is 0 Å². The minimum absolute atomic E-state index is 0.412. The predicted molar refractivity (Wildman–Crippen MR) is 76.4 cm³/mol. The third kappa shape index (κ3) is 5.73. The molecule has 1 rings (SSSR count). The van der Waals surface area contributed by atoms with Crippen molar-refractivity contribution in [2.75, 3.05) is 11.9 Å². The van der Waals surface area contributed by atoms with Gasteiger partial charge in [0.1, 0.15) is 0 Å². The summed E-state index contributed by atoms with van der Waals surface area (Å²) < 4.78 is 0. The van der Waals surface area contributed by atoms with Crippen LogP contribution in [0.1, 0.15) is 44.6 Å². The number of anilines is 1. The van der Waals surface area contributed by atoms with Gasteiger partial charge in [0.2, 0.25) is 0 Å². The molecule has 0 heterocycles. The van der Waals surface area contributed by atoms with Gasteiger partial charge in [-0.3, -0.25) is 0 Å². The number of aryl methyl sites for hydroxylation is 1. The molecule has 3 N–H and O–H groups in total. The minimum Gasteiger partial charge on any atom is -0.381 e. The molecule has 2 heteroatoms. The van der Waals surface area contributed by atoms with Crippen LogP contribution in [0.25, 0.3) is 0 Å². The zero-order chi connectivity index (χ0) is 12.5. The van der Waals surface area contributed by atoms with E-state index in [2.05, 4.69) is 43.4 Å². The van der Waals surface area contributed by atoms with Crippen molar-refractivity contribution in [3.05, 3.63) is 29.8 Å². The van der Waals surface area contributed by atoms with Gasteiger partial charge in [-0.25, -0.2) is 0 Å². The number of hydrogen-bond acceptors (Lipinski definition) is 2. The molecule has 1 aromatic rings. The summed E-state index contributed by atoms with van der Waals surface area (Å²) in [4.78, 5) is 0. The Morgan fingerprint density at radius 3 is 2.41 bits per heavy atom. The lowest BCUT2D eigenvalue weighted by atomic mass is 10.1. The molecule has 2 nitrogen and oxygen atoms in total. The van der Waals surface area contributed by atoms with Crippen LogP contribution in [0.15, 0.2) is 24.3 Å². The van der Waals surface area contributed by atoms with Gasteiger partial charge in [0.05, 0.1) is 0 Å². The molecule has 0 aliphatic heterocycles. The maximum absolute atomic E-state index is 5.80. The quantitative estimate of drug-likeness (QED) is 0.673. The van der Waals surface area contributed by atoms with E-state index in [4.69, 9.17) is 5.73 Å². The summed E-state index contributed by atoms with van der Waals surface area (Å²) in [7, 11) is 0. The normalized spacial score (nSPS) is 12.4. The van der Waals surface area contributed by atoms with Crippen LogP contribution in [0, 0.1) is 6.92 Å². The lowest BCUT2D eigenvalue weighted by Gasteiger charge is -2.18. The number of benzene rings is 1. The first kappa shape index (κ1) is 14.0. The molecule has 0 aromatic heterocycles. The molecule has 0 saturated heterocycles. The van der Waals surface area contributed by atoms with Gasteiger partial charge in [-0.15, -0.1) is 0 Å². The van der Waals surface area contributed by atoms with Gasteiger partial charge in [0, 0.05) is 18.3 Å². The van der Waals surface area contributed by atoms with Crippen LogP contribution in [0.5, 0.6) is 0 Å². The molecule has 1 aromatic carbocycles. The summed E-state index contributed by atoms with van der Waals surface area (Å²) in [5, 5.41) is 3.51. The lowest BCUT2D eigenvalue weighted by molar-refractivity contribution is 0.575. The highest BCUT2D eigenvalue weighted by molar-refractivity contribution is 5.45. The van der Waals surface area contributed by atoms with Gasteiger partial charge in [-0.1, -0.05) is 50.3 Å². The number of unbranched alkanes of at least 4 members (excludes halogenated alkanes) is 3. The fourth-order valence-corrected chi connectivity index (χ4v) is 1.95. The Balaban J connectivity index is 2.33. The van der Waals surface area contributed by atoms with Gasteiger partial charge in [0.15, 0.2) is 0 Å². The number of nitrogens with one attached hydrogen (secondary N) is 1. The van der Waals surface area contributed by atoms with E-state index in [0.717, 1.165) is 0 Å². The monoisotopic (exact) mass is 234 g/mol. The van der Waals surface area contributed by atoms with E-state index in [1.807, 2.05) is 0 Å². The van der Waals surface area contributed by atoms with E-state index in [1.165, 1.54) is 43.4 Å². The number of rotatable bonds is 8. The lowest BCUT2D eigenvalue weighted by Crippen LogP contribution is -2.28. The fourth-order valence-electron chi connectivity index (χ4n) is 1.95. The SMILES string of the molecule is CCCCCCC(CN)Nc1ccc(C)cc1. The molecule has 0 spiro atoms. The van der Waals surface area contributed by atoms with E-state index < -0.39 is 0 Å². The van der Waals surface area contributed by atoms with Crippen LogP contribution in [0.3, 0.4) is 0 Å². The third-order valence-electron chi connectivity index (χ3n) is 3.11. The second-order valence-electron chi connectivity index (χ2n) is 4.79. The Morgan fingerprint density at radius 1 is 1.12 bits per heavy atom. The Bertz CT molecular complexity index is 292. The molecule has 96 valence electrons. The van der Waals surface area contributed by atoms with Gasteiger partial charge in [0.25, 0.3) is 0 Å². The van der Waals surface area contributed by atoms with Crippen LogP contribution in [-0.4, -0.2) is 12.6 Å². The Labute approximate surface area is 106 Å².